The molecule has 68 valence electrons. The number of isothiocyanates is 1. The molecule has 1 heterocycles. The second-order valence-corrected chi connectivity index (χ2v) is 3.19. The van der Waals surface area contributed by atoms with Gasteiger partial charge < -0.3 is 0 Å². The molecule has 0 radical (unpaired) electrons. The molecule has 0 spiro atoms. The maximum atomic E-state index is 4.59. The Morgan fingerprint density at radius 1 is 1.36 bits per heavy atom. The van der Waals surface area contributed by atoms with Gasteiger partial charge in [0.15, 0.2) is 0 Å². The standard InChI is InChI=1S/C11H8N2S/c1-8-4-5-10(13-7-14)9-3-2-6-12-11(8)9/h2-6H,1H3. The number of aromatic nitrogens is 1. The Kier molecular flexibility index (Phi) is 2.35. The molecule has 0 bridgehead atoms. The minimum atomic E-state index is 0.828. The highest BCUT2D eigenvalue weighted by atomic mass is 32.1. The Labute approximate surface area is 87.3 Å². The first-order valence-electron chi connectivity index (χ1n) is 4.25. The predicted octanol–water partition coefficient (Wildman–Crippen LogP) is 3.28. The van der Waals surface area contributed by atoms with Gasteiger partial charge in [-0.2, -0.15) is 4.99 Å². The SMILES string of the molecule is Cc1ccc(N=C=S)c2cccnc12. The summed E-state index contributed by atoms with van der Waals surface area (Å²) in [7, 11) is 0. The van der Waals surface area contributed by atoms with Crippen molar-refractivity contribution in [2.24, 2.45) is 4.99 Å². The third-order valence-corrected chi connectivity index (χ3v) is 2.21. The first-order chi connectivity index (χ1) is 6.83. The highest BCUT2D eigenvalue weighted by molar-refractivity contribution is 7.78. The van der Waals surface area contributed by atoms with Gasteiger partial charge in [-0.3, -0.25) is 4.98 Å². The summed E-state index contributed by atoms with van der Waals surface area (Å²) in [5, 5.41) is 3.39. The van der Waals surface area contributed by atoms with Gasteiger partial charge in [-0.1, -0.05) is 6.07 Å². The summed E-state index contributed by atoms with van der Waals surface area (Å²) in [6.07, 6.45) is 1.78. The highest BCUT2D eigenvalue weighted by Crippen LogP contribution is 2.26. The molecule has 1 aromatic carbocycles. The van der Waals surface area contributed by atoms with Crippen LogP contribution < -0.4 is 0 Å². The van der Waals surface area contributed by atoms with Gasteiger partial charge in [0.2, 0.25) is 0 Å². The van der Waals surface area contributed by atoms with E-state index in [4.69, 9.17) is 0 Å². The lowest BCUT2D eigenvalue weighted by Gasteiger charge is -2.02. The zero-order valence-corrected chi connectivity index (χ0v) is 8.51. The van der Waals surface area contributed by atoms with Gasteiger partial charge in [0.05, 0.1) is 16.4 Å². The van der Waals surface area contributed by atoms with E-state index in [1.807, 2.05) is 31.2 Å². The molecule has 2 aromatic rings. The Morgan fingerprint density at radius 2 is 2.21 bits per heavy atom. The van der Waals surface area contributed by atoms with Crippen molar-refractivity contribution in [3.63, 3.8) is 0 Å². The minimum absolute atomic E-state index is 0.828. The number of hydrogen-bond donors (Lipinski definition) is 0. The maximum Gasteiger partial charge on any atom is 0.0833 e. The smallest absolute Gasteiger partial charge is 0.0833 e. The fraction of sp³-hybridized carbons (Fsp3) is 0.0909. The van der Waals surface area contributed by atoms with Crippen LogP contribution in [0.2, 0.25) is 0 Å². The van der Waals surface area contributed by atoms with E-state index in [0.29, 0.717) is 0 Å². The van der Waals surface area contributed by atoms with Crippen LogP contribution in [0.1, 0.15) is 5.56 Å². The number of nitrogens with zero attached hydrogens (tertiary/aromatic N) is 2. The molecular formula is C11H8N2S. The number of hydrogen-bond acceptors (Lipinski definition) is 3. The molecule has 2 rings (SSSR count). The summed E-state index contributed by atoms with van der Waals surface area (Å²) in [6.45, 7) is 2.03. The number of rotatable bonds is 1. The molecule has 0 aliphatic carbocycles. The molecule has 0 unspecified atom stereocenters. The van der Waals surface area contributed by atoms with Crippen molar-refractivity contribution in [2.75, 3.05) is 0 Å². The molecule has 0 aliphatic rings. The van der Waals surface area contributed by atoms with Crippen LogP contribution in [0, 0.1) is 6.92 Å². The van der Waals surface area contributed by atoms with Gasteiger partial charge in [0.25, 0.3) is 0 Å². The fourth-order valence-corrected chi connectivity index (χ4v) is 1.54. The fourth-order valence-electron chi connectivity index (χ4n) is 1.45. The van der Waals surface area contributed by atoms with Crippen LogP contribution in [0.4, 0.5) is 5.69 Å². The second kappa shape index (κ2) is 3.66. The molecule has 0 atom stereocenters. The Morgan fingerprint density at radius 3 is 3.00 bits per heavy atom. The van der Waals surface area contributed by atoms with Crippen molar-refractivity contribution in [3.8, 4) is 0 Å². The molecule has 0 amide bonds. The van der Waals surface area contributed by atoms with Gasteiger partial charge in [-0.15, -0.1) is 0 Å². The van der Waals surface area contributed by atoms with Crippen molar-refractivity contribution < 1.29 is 0 Å². The van der Waals surface area contributed by atoms with Crippen molar-refractivity contribution in [1.29, 1.82) is 0 Å². The lowest BCUT2D eigenvalue weighted by atomic mass is 10.1. The molecular weight excluding hydrogens is 192 g/mol. The largest absolute Gasteiger partial charge is 0.256 e. The normalized spacial score (nSPS) is 9.79. The predicted molar refractivity (Wildman–Crippen MR) is 61.2 cm³/mol. The third kappa shape index (κ3) is 1.43. The van der Waals surface area contributed by atoms with E-state index in [1.54, 1.807) is 6.20 Å². The monoisotopic (exact) mass is 200 g/mol. The van der Waals surface area contributed by atoms with Gasteiger partial charge in [0.1, 0.15) is 0 Å². The summed E-state index contributed by atoms with van der Waals surface area (Å²) in [6, 6.07) is 7.80. The maximum absolute atomic E-state index is 4.59. The van der Waals surface area contributed by atoms with Crippen LogP contribution >= 0.6 is 12.2 Å². The molecule has 0 saturated carbocycles. The molecule has 0 saturated heterocycles. The molecule has 0 aliphatic heterocycles. The Hall–Kier alpha value is -1.57. The van der Waals surface area contributed by atoms with Crippen LogP contribution in [-0.4, -0.2) is 10.1 Å². The van der Waals surface area contributed by atoms with Crippen LogP contribution in [0.3, 0.4) is 0 Å². The van der Waals surface area contributed by atoms with Gasteiger partial charge in [-0.05, 0) is 42.9 Å². The molecule has 0 fully saturated rings. The van der Waals surface area contributed by atoms with Crippen LogP contribution in [0.15, 0.2) is 35.5 Å². The first-order valence-corrected chi connectivity index (χ1v) is 4.66. The molecule has 1 aromatic heterocycles. The number of aryl methyl sites for hydroxylation is 1. The van der Waals surface area contributed by atoms with Crippen molar-refractivity contribution in [1.82, 2.24) is 4.98 Å². The summed E-state index contributed by atoms with van der Waals surface area (Å²) < 4.78 is 0. The molecule has 3 heteroatoms. The molecule has 2 nitrogen and oxygen atoms in total. The molecule has 14 heavy (non-hydrogen) atoms. The number of thiocarbonyl (C=S) groups is 1. The lowest BCUT2D eigenvalue weighted by molar-refractivity contribution is 1.36. The van der Waals surface area contributed by atoms with Crippen molar-refractivity contribution >= 4 is 34.0 Å². The lowest BCUT2D eigenvalue weighted by Crippen LogP contribution is -1.82. The van der Waals surface area contributed by atoms with Crippen LogP contribution in [-0.2, 0) is 0 Å². The van der Waals surface area contributed by atoms with Gasteiger partial charge in [0, 0.05) is 11.6 Å². The van der Waals surface area contributed by atoms with Crippen LogP contribution in [0.5, 0.6) is 0 Å². The summed E-state index contributed by atoms with van der Waals surface area (Å²) in [5.41, 5.74) is 2.94. The summed E-state index contributed by atoms with van der Waals surface area (Å²) >= 11 is 4.59. The van der Waals surface area contributed by atoms with E-state index in [1.165, 1.54) is 0 Å². The summed E-state index contributed by atoms with van der Waals surface area (Å²) in [5.74, 6) is 0. The van der Waals surface area contributed by atoms with Crippen molar-refractivity contribution in [2.45, 2.75) is 6.92 Å². The van der Waals surface area contributed by atoms with E-state index in [9.17, 15) is 0 Å². The van der Waals surface area contributed by atoms with E-state index >= 15 is 0 Å². The second-order valence-electron chi connectivity index (χ2n) is 3.00. The number of benzene rings is 1. The van der Waals surface area contributed by atoms with E-state index < -0.39 is 0 Å². The van der Waals surface area contributed by atoms with Crippen molar-refractivity contribution in [3.05, 3.63) is 36.0 Å². The minimum Gasteiger partial charge on any atom is -0.256 e. The topological polar surface area (TPSA) is 25.2 Å². The van der Waals surface area contributed by atoms with E-state index in [0.717, 1.165) is 22.2 Å². The number of aliphatic imine (C=N–C) groups is 1. The van der Waals surface area contributed by atoms with Crippen LogP contribution in [0.25, 0.3) is 10.9 Å². The zero-order chi connectivity index (χ0) is 9.97. The van der Waals surface area contributed by atoms with Gasteiger partial charge >= 0.3 is 0 Å². The van der Waals surface area contributed by atoms with E-state index in [2.05, 4.69) is 27.4 Å². The average Bonchev–Trinajstić information content (AvgIpc) is 2.23. The first kappa shape index (κ1) is 9.00. The molecule has 0 N–H and O–H groups in total. The van der Waals surface area contributed by atoms with Gasteiger partial charge in [-0.25, -0.2) is 0 Å². The highest BCUT2D eigenvalue weighted by Gasteiger charge is 2.01. The third-order valence-electron chi connectivity index (χ3n) is 2.11. The number of pyridine rings is 1. The summed E-state index contributed by atoms with van der Waals surface area (Å²) in [4.78, 5) is 8.30. The Bertz CT molecular complexity index is 528. The number of fused-ring (bicyclic) bond motifs is 1. The van der Waals surface area contributed by atoms with E-state index in [-0.39, 0.29) is 0 Å². The average molecular weight is 200 g/mol. The quantitative estimate of drug-likeness (QED) is 0.521. The Balaban J connectivity index is 2.88. The zero-order valence-electron chi connectivity index (χ0n) is 7.69.